The molecule has 0 heterocycles. The lowest BCUT2D eigenvalue weighted by Crippen LogP contribution is -2.36. The van der Waals surface area contributed by atoms with Gasteiger partial charge in [-0.1, -0.05) is 29.8 Å². The number of aliphatic hydroxyl groups excluding tert-OH is 1. The Kier molecular flexibility index (Phi) is 6.08. The van der Waals surface area contributed by atoms with Crippen molar-refractivity contribution in [1.82, 2.24) is 5.32 Å². The van der Waals surface area contributed by atoms with Crippen molar-refractivity contribution in [2.75, 3.05) is 12.4 Å². The van der Waals surface area contributed by atoms with Gasteiger partial charge in [0, 0.05) is 11.8 Å². The predicted molar refractivity (Wildman–Crippen MR) is 72.0 cm³/mol. The molecule has 1 atom stereocenters. The first-order chi connectivity index (χ1) is 8.11. The van der Waals surface area contributed by atoms with Crippen molar-refractivity contribution in [2.45, 2.75) is 25.6 Å². The third-order valence-corrected chi connectivity index (χ3v) is 3.31. The number of hydrogen-bond donors (Lipinski definition) is 2. The van der Waals surface area contributed by atoms with Crippen molar-refractivity contribution >= 4 is 17.7 Å². The van der Waals surface area contributed by atoms with E-state index >= 15 is 0 Å². The molecule has 0 fully saturated rings. The Morgan fingerprint density at radius 1 is 1.41 bits per heavy atom. The molecule has 3 nitrogen and oxygen atoms in total. The number of nitrogens with one attached hydrogen (secondary N) is 1. The second-order valence-corrected chi connectivity index (χ2v) is 5.12. The van der Waals surface area contributed by atoms with E-state index in [4.69, 9.17) is 5.11 Å². The van der Waals surface area contributed by atoms with Crippen molar-refractivity contribution in [3.05, 3.63) is 35.4 Å². The monoisotopic (exact) mass is 253 g/mol. The maximum absolute atomic E-state index is 11.4. The standard InChI is InChI=1S/C13H19NO2S/c1-10-3-5-12(6-4-10)8-17-9-13(16)14-11(2)7-15/h3-6,11,15H,7-9H2,1-2H3,(H,14,16)/t11-/m0/s1. The van der Waals surface area contributed by atoms with Gasteiger partial charge in [-0.2, -0.15) is 0 Å². The van der Waals surface area contributed by atoms with Gasteiger partial charge in [-0.15, -0.1) is 11.8 Å². The van der Waals surface area contributed by atoms with Crippen LogP contribution in [0.2, 0.25) is 0 Å². The van der Waals surface area contributed by atoms with Gasteiger partial charge < -0.3 is 10.4 Å². The quantitative estimate of drug-likeness (QED) is 0.811. The number of hydrogen-bond acceptors (Lipinski definition) is 3. The summed E-state index contributed by atoms with van der Waals surface area (Å²) >= 11 is 1.58. The van der Waals surface area contributed by atoms with Crippen LogP contribution in [-0.2, 0) is 10.5 Å². The third-order valence-electron chi connectivity index (χ3n) is 2.30. The number of benzene rings is 1. The average molecular weight is 253 g/mol. The fraction of sp³-hybridized carbons (Fsp3) is 0.462. The first-order valence-electron chi connectivity index (χ1n) is 5.65. The molecule has 0 bridgehead atoms. The summed E-state index contributed by atoms with van der Waals surface area (Å²) in [5.74, 6) is 1.24. The molecule has 0 aromatic heterocycles. The van der Waals surface area contributed by atoms with E-state index in [1.54, 1.807) is 18.7 Å². The number of thioether (sulfide) groups is 1. The highest BCUT2D eigenvalue weighted by molar-refractivity contribution is 7.99. The average Bonchev–Trinajstić information content (AvgIpc) is 2.31. The first kappa shape index (κ1) is 14.1. The number of rotatable bonds is 6. The number of amides is 1. The van der Waals surface area contributed by atoms with E-state index in [1.807, 2.05) is 0 Å². The predicted octanol–water partition coefficient (Wildman–Crippen LogP) is 1.73. The van der Waals surface area contributed by atoms with Gasteiger partial charge in [0.1, 0.15) is 0 Å². The lowest BCUT2D eigenvalue weighted by molar-refractivity contribution is -0.119. The van der Waals surface area contributed by atoms with Crippen LogP contribution in [0.3, 0.4) is 0 Å². The highest BCUT2D eigenvalue weighted by Gasteiger charge is 2.05. The summed E-state index contributed by atoms with van der Waals surface area (Å²) in [6.07, 6.45) is 0. The van der Waals surface area contributed by atoms with Gasteiger partial charge in [0.2, 0.25) is 5.91 Å². The van der Waals surface area contributed by atoms with Crippen LogP contribution in [0.15, 0.2) is 24.3 Å². The molecule has 0 radical (unpaired) electrons. The molecular formula is C13H19NO2S. The molecule has 0 spiro atoms. The fourth-order valence-corrected chi connectivity index (χ4v) is 2.11. The van der Waals surface area contributed by atoms with Crippen molar-refractivity contribution in [3.63, 3.8) is 0 Å². The summed E-state index contributed by atoms with van der Waals surface area (Å²) in [4.78, 5) is 11.4. The van der Waals surface area contributed by atoms with Crippen LogP contribution in [-0.4, -0.2) is 29.4 Å². The maximum Gasteiger partial charge on any atom is 0.230 e. The minimum Gasteiger partial charge on any atom is -0.394 e. The van der Waals surface area contributed by atoms with Crippen LogP contribution in [0.4, 0.5) is 0 Å². The smallest absolute Gasteiger partial charge is 0.230 e. The molecule has 1 aromatic rings. The minimum atomic E-state index is -0.164. The summed E-state index contributed by atoms with van der Waals surface area (Å²) in [5.41, 5.74) is 2.47. The van der Waals surface area contributed by atoms with Crippen molar-refractivity contribution in [1.29, 1.82) is 0 Å². The van der Waals surface area contributed by atoms with Crippen LogP contribution in [0.1, 0.15) is 18.1 Å². The Morgan fingerprint density at radius 3 is 2.65 bits per heavy atom. The molecule has 0 saturated heterocycles. The van der Waals surface area contributed by atoms with Gasteiger partial charge in [-0.25, -0.2) is 0 Å². The Morgan fingerprint density at radius 2 is 2.06 bits per heavy atom. The van der Waals surface area contributed by atoms with Gasteiger partial charge in [0.05, 0.1) is 12.4 Å². The summed E-state index contributed by atoms with van der Waals surface area (Å²) < 4.78 is 0. The summed E-state index contributed by atoms with van der Waals surface area (Å²) in [6.45, 7) is 3.82. The zero-order valence-electron chi connectivity index (χ0n) is 10.3. The summed E-state index contributed by atoms with van der Waals surface area (Å²) in [5, 5.41) is 11.5. The van der Waals surface area contributed by atoms with E-state index in [9.17, 15) is 4.79 Å². The van der Waals surface area contributed by atoms with Gasteiger partial charge in [0.15, 0.2) is 0 Å². The Labute approximate surface area is 107 Å². The van der Waals surface area contributed by atoms with Gasteiger partial charge in [-0.05, 0) is 19.4 Å². The Balaban J connectivity index is 2.23. The van der Waals surface area contributed by atoms with Gasteiger partial charge >= 0.3 is 0 Å². The van der Waals surface area contributed by atoms with Crippen LogP contribution in [0.25, 0.3) is 0 Å². The van der Waals surface area contributed by atoms with E-state index in [0.717, 1.165) is 5.75 Å². The van der Waals surface area contributed by atoms with E-state index in [2.05, 4.69) is 36.5 Å². The highest BCUT2D eigenvalue weighted by atomic mass is 32.2. The second kappa shape index (κ2) is 7.35. The van der Waals surface area contributed by atoms with Crippen LogP contribution >= 0.6 is 11.8 Å². The van der Waals surface area contributed by atoms with Crippen molar-refractivity contribution < 1.29 is 9.90 Å². The molecule has 2 N–H and O–H groups in total. The maximum atomic E-state index is 11.4. The molecule has 94 valence electrons. The first-order valence-corrected chi connectivity index (χ1v) is 6.81. The molecule has 0 aliphatic heterocycles. The number of carbonyl (C=O) groups excluding carboxylic acids is 1. The summed E-state index contributed by atoms with van der Waals surface area (Å²) in [6, 6.07) is 8.14. The lowest BCUT2D eigenvalue weighted by atomic mass is 10.2. The van der Waals surface area contributed by atoms with Crippen LogP contribution in [0, 0.1) is 6.92 Å². The molecule has 0 saturated carbocycles. The highest BCUT2D eigenvalue weighted by Crippen LogP contribution is 2.12. The number of carbonyl (C=O) groups is 1. The fourth-order valence-electron chi connectivity index (χ4n) is 1.31. The SMILES string of the molecule is Cc1ccc(CSCC(=O)N[C@@H](C)CO)cc1. The van der Waals surface area contributed by atoms with Gasteiger partial charge in [0.25, 0.3) is 0 Å². The molecule has 1 amide bonds. The Bertz CT molecular complexity index is 351. The molecule has 0 aliphatic carbocycles. The molecule has 17 heavy (non-hydrogen) atoms. The van der Waals surface area contributed by atoms with E-state index in [0.29, 0.717) is 5.75 Å². The molecule has 1 aromatic carbocycles. The third kappa shape index (κ3) is 5.75. The topological polar surface area (TPSA) is 49.3 Å². The van der Waals surface area contributed by atoms with Crippen molar-refractivity contribution in [3.8, 4) is 0 Å². The molecule has 0 unspecified atom stereocenters. The zero-order chi connectivity index (χ0) is 12.7. The minimum absolute atomic E-state index is 0.0195. The molecular weight excluding hydrogens is 234 g/mol. The van der Waals surface area contributed by atoms with Crippen LogP contribution in [0.5, 0.6) is 0 Å². The molecule has 0 aliphatic rings. The van der Waals surface area contributed by atoms with Gasteiger partial charge in [-0.3, -0.25) is 4.79 Å². The molecule has 1 rings (SSSR count). The molecule has 4 heteroatoms. The van der Waals surface area contributed by atoms with E-state index < -0.39 is 0 Å². The van der Waals surface area contributed by atoms with E-state index in [1.165, 1.54) is 11.1 Å². The van der Waals surface area contributed by atoms with Crippen molar-refractivity contribution in [2.24, 2.45) is 0 Å². The van der Waals surface area contributed by atoms with E-state index in [-0.39, 0.29) is 18.6 Å². The largest absolute Gasteiger partial charge is 0.394 e. The summed E-state index contributed by atoms with van der Waals surface area (Å²) in [7, 11) is 0. The lowest BCUT2D eigenvalue weighted by Gasteiger charge is -2.10. The number of aliphatic hydroxyl groups is 1. The second-order valence-electron chi connectivity index (χ2n) is 4.13. The van der Waals surface area contributed by atoms with Crippen LogP contribution < -0.4 is 5.32 Å². The number of aryl methyl sites for hydroxylation is 1. The normalized spacial score (nSPS) is 12.2. The zero-order valence-corrected chi connectivity index (χ0v) is 11.1. The Hall–Kier alpha value is -1.00.